The summed E-state index contributed by atoms with van der Waals surface area (Å²) in [5.74, 6) is -1.13. The van der Waals surface area contributed by atoms with Crippen LogP contribution in [0.3, 0.4) is 0 Å². The van der Waals surface area contributed by atoms with Crippen LogP contribution in [0.5, 0.6) is 0 Å². The van der Waals surface area contributed by atoms with Gasteiger partial charge in [0.25, 0.3) is 0 Å². The SMILES string of the molecule is O=C(OCC1CO1)[C@H](O)[C@@H](O)[C@H](O)[C@H](O)CO. The summed E-state index contributed by atoms with van der Waals surface area (Å²) in [5, 5.41) is 45.4. The van der Waals surface area contributed by atoms with E-state index in [1.807, 2.05) is 0 Å². The molecule has 0 aliphatic carbocycles. The van der Waals surface area contributed by atoms with Crippen molar-refractivity contribution in [2.24, 2.45) is 0 Å². The first-order valence-corrected chi connectivity index (χ1v) is 5.08. The largest absolute Gasteiger partial charge is 0.461 e. The van der Waals surface area contributed by atoms with Gasteiger partial charge in [0, 0.05) is 0 Å². The molecular formula is C9H16O8. The third kappa shape index (κ3) is 4.19. The van der Waals surface area contributed by atoms with E-state index in [4.69, 9.17) is 14.9 Å². The van der Waals surface area contributed by atoms with E-state index in [9.17, 15) is 20.1 Å². The van der Waals surface area contributed by atoms with E-state index in [-0.39, 0.29) is 12.7 Å². The molecule has 1 aliphatic rings. The van der Waals surface area contributed by atoms with Crippen LogP contribution in [-0.4, -0.2) is 81.8 Å². The van der Waals surface area contributed by atoms with Crippen LogP contribution in [0.25, 0.3) is 0 Å². The Labute approximate surface area is 97.0 Å². The molecule has 1 saturated heterocycles. The summed E-state index contributed by atoms with van der Waals surface area (Å²) < 4.78 is 9.34. The van der Waals surface area contributed by atoms with Crippen LogP contribution < -0.4 is 0 Å². The van der Waals surface area contributed by atoms with Crippen molar-refractivity contribution < 1.29 is 39.8 Å². The highest BCUT2D eigenvalue weighted by atomic mass is 16.6. The minimum Gasteiger partial charge on any atom is -0.461 e. The second kappa shape index (κ2) is 6.24. The molecule has 5 atom stereocenters. The first kappa shape index (κ1) is 14.3. The smallest absolute Gasteiger partial charge is 0.337 e. The number of aliphatic hydroxyl groups excluding tert-OH is 5. The number of rotatable bonds is 7. The normalized spacial score (nSPS) is 25.8. The Kier molecular flexibility index (Phi) is 5.25. The standard InChI is InChI=1S/C9H16O8/c10-1-5(11)6(12)7(13)8(14)9(15)17-3-4-2-16-4/h4-8,10-14H,1-3H2/t4?,5-,6-,7+,8-/m1/s1. The van der Waals surface area contributed by atoms with Gasteiger partial charge < -0.3 is 35.0 Å². The molecule has 0 aromatic carbocycles. The van der Waals surface area contributed by atoms with Crippen LogP contribution in [0.2, 0.25) is 0 Å². The van der Waals surface area contributed by atoms with Gasteiger partial charge in [0.15, 0.2) is 6.10 Å². The lowest BCUT2D eigenvalue weighted by molar-refractivity contribution is -0.170. The van der Waals surface area contributed by atoms with E-state index in [0.29, 0.717) is 6.61 Å². The second-order valence-corrected chi connectivity index (χ2v) is 3.76. The summed E-state index contributed by atoms with van der Waals surface area (Å²) in [4.78, 5) is 11.2. The highest BCUT2D eigenvalue weighted by Gasteiger charge is 2.36. The zero-order valence-electron chi connectivity index (χ0n) is 8.97. The van der Waals surface area contributed by atoms with E-state index in [0.717, 1.165) is 0 Å². The fourth-order valence-electron chi connectivity index (χ4n) is 1.09. The molecule has 1 heterocycles. The van der Waals surface area contributed by atoms with Gasteiger partial charge in [-0.05, 0) is 0 Å². The van der Waals surface area contributed by atoms with Gasteiger partial charge in [-0.25, -0.2) is 4.79 Å². The van der Waals surface area contributed by atoms with Gasteiger partial charge in [-0.1, -0.05) is 0 Å². The van der Waals surface area contributed by atoms with Crippen LogP contribution in [0, 0.1) is 0 Å². The van der Waals surface area contributed by atoms with Crippen molar-refractivity contribution >= 4 is 5.97 Å². The summed E-state index contributed by atoms with van der Waals surface area (Å²) in [6, 6.07) is 0. The number of aliphatic hydroxyl groups is 5. The summed E-state index contributed by atoms with van der Waals surface area (Å²) in [6.07, 6.45) is -7.62. The lowest BCUT2D eigenvalue weighted by atomic mass is 10.0. The fraction of sp³-hybridized carbons (Fsp3) is 0.889. The van der Waals surface area contributed by atoms with Gasteiger partial charge >= 0.3 is 5.97 Å². The van der Waals surface area contributed by atoms with E-state index in [1.165, 1.54) is 0 Å². The predicted octanol–water partition coefficient (Wildman–Crippen LogP) is -3.64. The zero-order valence-corrected chi connectivity index (χ0v) is 8.97. The Morgan fingerprint density at radius 1 is 1.29 bits per heavy atom. The first-order chi connectivity index (χ1) is 7.97. The van der Waals surface area contributed by atoms with E-state index >= 15 is 0 Å². The highest BCUT2D eigenvalue weighted by Crippen LogP contribution is 2.11. The minimum atomic E-state index is -2.00. The molecule has 1 aliphatic heterocycles. The zero-order chi connectivity index (χ0) is 13.0. The topological polar surface area (TPSA) is 140 Å². The maximum Gasteiger partial charge on any atom is 0.337 e. The summed E-state index contributed by atoms with van der Waals surface area (Å²) in [5.41, 5.74) is 0. The fourth-order valence-corrected chi connectivity index (χ4v) is 1.09. The molecule has 8 heteroatoms. The molecular weight excluding hydrogens is 236 g/mol. The van der Waals surface area contributed by atoms with Crippen molar-refractivity contribution in [2.45, 2.75) is 30.5 Å². The van der Waals surface area contributed by atoms with Gasteiger partial charge in [-0.2, -0.15) is 0 Å². The summed E-state index contributed by atoms with van der Waals surface area (Å²) >= 11 is 0. The van der Waals surface area contributed by atoms with E-state index in [2.05, 4.69) is 4.74 Å². The predicted molar refractivity (Wildman–Crippen MR) is 51.8 cm³/mol. The molecule has 0 spiro atoms. The molecule has 1 fully saturated rings. The third-order valence-electron chi connectivity index (χ3n) is 2.31. The van der Waals surface area contributed by atoms with Gasteiger partial charge in [0.05, 0.1) is 13.2 Å². The second-order valence-electron chi connectivity index (χ2n) is 3.76. The van der Waals surface area contributed by atoms with Crippen LogP contribution in [0.15, 0.2) is 0 Å². The Balaban J connectivity index is 2.37. The number of hydrogen-bond acceptors (Lipinski definition) is 8. The van der Waals surface area contributed by atoms with Crippen LogP contribution in [0.1, 0.15) is 0 Å². The van der Waals surface area contributed by atoms with Crippen LogP contribution >= 0.6 is 0 Å². The van der Waals surface area contributed by atoms with Crippen LogP contribution in [-0.2, 0) is 14.3 Å². The Morgan fingerprint density at radius 2 is 1.88 bits per heavy atom. The molecule has 0 aromatic heterocycles. The molecule has 0 radical (unpaired) electrons. The molecule has 0 aromatic rings. The quantitative estimate of drug-likeness (QED) is 0.231. The Hall–Kier alpha value is -0.770. The van der Waals surface area contributed by atoms with Crippen molar-refractivity contribution in [3.05, 3.63) is 0 Å². The molecule has 100 valence electrons. The van der Waals surface area contributed by atoms with E-state index in [1.54, 1.807) is 0 Å². The van der Waals surface area contributed by atoms with Crippen molar-refractivity contribution in [3.63, 3.8) is 0 Å². The van der Waals surface area contributed by atoms with Crippen molar-refractivity contribution in [2.75, 3.05) is 19.8 Å². The van der Waals surface area contributed by atoms with Gasteiger partial charge in [-0.15, -0.1) is 0 Å². The van der Waals surface area contributed by atoms with Gasteiger partial charge in [0.2, 0.25) is 0 Å². The Bertz CT molecular complexity index is 253. The summed E-state index contributed by atoms with van der Waals surface area (Å²) in [7, 11) is 0. The number of epoxide rings is 1. The Morgan fingerprint density at radius 3 is 2.35 bits per heavy atom. The summed E-state index contributed by atoms with van der Waals surface area (Å²) in [6.45, 7) is -0.380. The lowest BCUT2D eigenvalue weighted by Crippen LogP contribution is -2.49. The molecule has 0 amide bonds. The molecule has 17 heavy (non-hydrogen) atoms. The van der Waals surface area contributed by atoms with E-state index < -0.39 is 37.0 Å². The van der Waals surface area contributed by atoms with Crippen molar-refractivity contribution in [1.29, 1.82) is 0 Å². The molecule has 5 N–H and O–H groups in total. The minimum absolute atomic E-state index is 0.0404. The molecule has 0 bridgehead atoms. The highest BCUT2D eigenvalue weighted by molar-refractivity contribution is 5.75. The molecule has 1 unspecified atom stereocenters. The number of hydrogen-bond donors (Lipinski definition) is 5. The third-order valence-corrected chi connectivity index (χ3v) is 2.31. The monoisotopic (exact) mass is 252 g/mol. The van der Waals surface area contributed by atoms with Gasteiger partial charge in [-0.3, -0.25) is 0 Å². The number of carbonyl (C=O) groups is 1. The van der Waals surface area contributed by atoms with Crippen LogP contribution in [0.4, 0.5) is 0 Å². The first-order valence-electron chi connectivity index (χ1n) is 5.08. The maximum absolute atomic E-state index is 11.2. The average molecular weight is 252 g/mol. The molecule has 8 nitrogen and oxygen atoms in total. The van der Waals surface area contributed by atoms with Gasteiger partial charge in [0.1, 0.15) is 31.0 Å². The number of carbonyl (C=O) groups excluding carboxylic acids is 1. The molecule has 1 rings (SSSR count). The lowest BCUT2D eigenvalue weighted by Gasteiger charge is -2.24. The van der Waals surface area contributed by atoms with Crippen molar-refractivity contribution in [1.82, 2.24) is 0 Å². The average Bonchev–Trinajstić information content (AvgIpc) is 3.15. The maximum atomic E-state index is 11.2. The molecule has 0 saturated carbocycles. The number of ether oxygens (including phenoxy) is 2. The number of esters is 1. The van der Waals surface area contributed by atoms with Crippen molar-refractivity contribution in [3.8, 4) is 0 Å².